The molecule has 2 aliphatic heterocycles. The lowest BCUT2D eigenvalue weighted by Crippen LogP contribution is -2.48. The fourth-order valence-electron chi connectivity index (χ4n) is 4.21. The minimum Gasteiger partial charge on any atom is -0.497 e. The number of aliphatic imine (C=N–C) groups is 1. The number of nitrogens with one attached hydrogen (secondary N) is 2. The van der Waals surface area contributed by atoms with Gasteiger partial charge in [-0.1, -0.05) is 42.5 Å². The highest BCUT2D eigenvalue weighted by molar-refractivity contribution is 5.83. The largest absolute Gasteiger partial charge is 0.497 e. The first-order valence-electron chi connectivity index (χ1n) is 11.5. The monoisotopic (exact) mass is 456 g/mol. The molecular weight excluding hydrogens is 428 g/mol. The fourth-order valence-corrected chi connectivity index (χ4v) is 4.21. The van der Waals surface area contributed by atoms with Gasteiger partial charge in [0.05, 0.1) is 19.3 Å². The van der Waals surface area contributed by atoms with Crippen LogP contribution in [0.15, 0.2) is 82.3 Å². The summed E-state index contributed by atoms with van der Waals surface area (Å²) in [6, 6.07) is 19.5. The first-order valence-corrected chi connectivity index (χ1v) is 11.5. The number of ether oxygens (including phenoxy) is 1. The summed E-state index contributed by atoms with van der Waals surface area (Å²) >= 11 is 0. The van der Waals surface area contributed by atoms with E-state index in [2.05, 4.69) is 32.7 Å². The number of methoxy groups -OCH3 is 1. The molecular formula is C26H28N6O2. The maximum absolute atomic E-state index is 12.9. The lowest BCUT2D eigenvalue weighted by Gasteiger charge is -2.34. The van der Waals surface area contributed by atoms with Crippen molar-refractivity contribution in [3.63, 3.8) is 0 Å². The summed E-state index contributed by atoms with van der Waals surface area (Å²) in [7, 11) is 1.67. The van der Waals surface area contributed by atoms with Crippen LogP contribution in [0.1, 0.15) is 12.0 Å². The van der Waals surface area contributed by atoms with Gasteiger partial charge < -0.3 is 15.4 Å². The van der Waals surface area contributed by atoms with Crippen LogP contribution in [0, 0.1) is 0 Å². The van der Waals surface area contributed by atoms with Gasteiger partial charge in [-0.3, -0.25) is 14.3 Å². The number of guanidine groups is 1. The number of hydrogen-bond donors (Lipinski definition) is 2. The van der Waals surface area contributed by atoms with E-state index in [1.807, 2.05) is 48.5 Å². The fraction of sp³-hybridized carbons (Fsp3) is 0.269. The van der Waals surface area contributed by atoms with Crippen LogP contribution in [0.5, 0.6) is 5.75 Å². The predicted octanol–water partition coefficient (Wildman–Crippen LogP) is 2.76. The molecule has 3 heterocycles. The Hall–Kier alpha value is -4.07. The van der Waals surface area contributed by atoms with Crippen LogP contribution in [0.4, 0.5) is 5.95 Å². The topological polar surface area (TPSA) is 83.8 Å². The molecule has 8 heteroatoms. The van der Waals surface area contributed by atoms with Crippen LogP contribution in [-0.2, 0) is 13.0 Å². The molecule has 2 N–H and O–H groups in total. The molecule has 34 heavy (non-hydrogen) atoms. The van der Waals surface area contributed by atoms with E-state index in [1.54, 1.807) is 17.7 Å². The second-order valence-corrected chi connectivity index (χ2v) is 8.23. The van der Waals surface area contributed by atoms with Crippen molar-refractivity contribution in [1.82, 2.24) is 20.2 Å². The second kappa shape index (κ2) is 9.82. The Labute approximate surface area is 198 Å². The standard InChI is InChI=1S/C26H28N6O2/c1-34-21-10-8-19(9-11-21)12-14-27-25-28-15-13-23(30-25)31-16-5-17-32-24(33)18-22(29-26(31)32)20-6-3-2-4-7-20/h2-4,6-11,13,18H,5,12,14-17H2,1H3,(H2,27,28,30). The first-order chi connectivity index (χ1) is 16.7. The molecule has 0 radical (unpaired) electrons. The van der Waals surface area contributed by atoms with Gasteiger partial charge in [0.15, 0.2) is 5.96 Å². The molecule has 5 rings (SSSR count). The average molecular weight is 457 g/mol. The first kappa shape index (κ1) is 21.8. The van der Waals surface area contributed by atoms with E-state index >= 15 is 0 Å². The molecule has 0 saturated carbocycles. The number of nitrogens with zero attached hydrogens (tertiary/aromatic N) is 4. The lowest BCUT2D eigenvalue weighted by molar-refractivity contribution is 0.414. The summed E-state index contributed by atoms with van der Waals surface area (Å²) in [4.78, 5) is 24.4. The molecule has 174 valence electrons. The number of rotatable bonds is 6. The van der Waals surface area contributed by atoms with E-state index in [1.165, 1.54) is 5.56 Å². The summed E-state index contributed by atoms with van der Waals surface area (Å²) < 4.78 is 6.97. The third-order valence-electron chi connectivity index (χ3n) is 6.00. The molecule has 3 aromatic rings. The lowest BCUT2D eigenvalue weighted by atomic mass is 10.1. The second-order valence-electron chi connectivity index (χ2n) is 8.23. The summed E-state index contributed by atoms with van der Waals surface area (Å²) in [5, 5.41) is 6.79. The van der Waals surface area contributed by atoms with E-state index in [9.17, 15) is 4.79 Å². The zero-order valence-corrected chi connectivity index (χ0v) is 19.2. The molecule has 0 fully saturated rings. The van der Waals surface area contributed by atoms with Crippen LogP contribution >= 0.6 is 0 Å². The van der Waals surface area contributed by atoms with Crippen molar-refractivity contribution in [2.24, 2.45) is 4.99 Å². The van der Waals surface area contributed by atoms with Gasteiger partial charge in [0.25, 0.3) is 5.56 Å². The Kier molecular flexibility index (Phi) is 6.29. The van der Waals surface area contributed by atoms with Gasteiger partial charge in [-0.15, -0.1) is 0 Å². The number of aromatic nitrogens is 2. The Morgan fingerprint density at radius 3 is 2.71 bits per heavy atom. The third kappa shape index (κ3) is 4.66. The highest BCUT2D eigenvalue weighted by Crippen LogP contribution is 2.24. The molecule has 0 spiro atoms. The van der Waals surface area contributed by atoms with Gasteiger partial charge in [0.2, 0.25) is 5.95 Å². The van der Waals surface area contributed by atoms with E-state index in [4.69, 9.17) is 9.72 Å². The van der Waals surface area contributed by atoms with Crippen molar-refractivity contribution in [3.05, 3.63) is 88.5 Å². The quantitative estimate of drug-likeness (QED) is 0.594. The van der Waals surface area contributed by atoms with Gasteiger partial charge >= 0.3 is 0 Å². The van der Waals surface area contributed by atoms with E-state index < -0.39 is 0 Å². The maximum atomic E-state index is 12.9. The zero-order chi connectivity index (χ0) is 23.3. The van der Waals surface area contributed by atoms with Crippen LogP contribution in [0.3, 0.4) is 0 Å². The van der Waals surface area contributed by atoms with Gasteiger partial charge in [-0.25, -0.2) is 9.98 Å². The Morgan fingerprint density at radius 2 is 1.91 bits per heavy atom. The van der Waals surface area contributed by atoms with E-state index in [-0.39, 0.29) is 5.56 Å². The summed E-state index contributed by atoms with van der Waals surface area (Å²) in [6.07, 6.45) is 3.77. The average Bonchev–Trinajstić information content (AvgIpc) is 2.89. The van der Waals surface area contributed by atoms with Gasteiger partial charge in [0, 0.05) is 31.3 Å². The van der Waals surface area contributed by atoms with Crippen LogP contribution in [0.25, 0.3) is 11.3 Å². The highest BCUT2D eigenvalue weighted by atomic mass is 16.5. The molecule has 0 unspecified atom stereocenters. The van der Waals surface area contributed by atoms with Gasteiger partial charge in [-0.2, -0.15) is 0 Å². The molecule has 8 nitrogen and oxygen atoms in total. The van der Waals surface area contributed by atoms with Crippen LogP contribution in [0.2, 0.25) is 0 Å². The number of anilines is 1. The van der Waals surface area contributed by atoms with E-state index in [0.717, 1.165) is 49.0 Å². The molecule has 0 amide bonds. The van der Waals surface area contributed by atoms with E-state index in [0.29, 0.717) is 24.7 Å². The van der Waals surface area contributed by atoms with Crippen molar-refractivity contribution in [2.75, 3.05) is 31.6 Å². The molecule has 0 bridgehead atoms. The number of benzene rings is 2. The normalized spacial score (nSPS) is 15.0. The van der Waals surface area contributed by atoms with Crippen molar-refractivity contribution in [1.29, 1.82) is 0 Å². The molecule has 2 aliphatic rings. The molecule has 2 aromatic carbocycles. The SMILES string of the molecule is COc1ccc(CCNC2=NCC=C(N3CCCn4c3nc(-c3ccccc3)cc4=O)N2)cc1. The Bertz CT molecular complexity index is 1260. The van der Waals surface area contributed by atoms with Crippen molar-refractivity contribution >= 4 is 11.9 Å². The van der Waals surface area contributed by atoms with Gasteiger partial charge in [-0.05, 0) is 36.6 Å². The smallest absolute Gasteiger partial charge is 0.255 e. The predicted molar refractivity (Wildman–Crippen MR) is 134 cm³/mol. The Balaban J connectivity index is 1.29. The molecule has 0 saturated heterocycles. The molecule has 0 aliphatic carbocycles. The summed E-state index contributed by atoms with van der Waals surface area (Å²) in [6.45, 7) is 2.76. The van der Waals surface area contributed by atoms with Crippen molar-refractivity contribution in [3.8, 4) is 17.0 Å². The molecule has 0 atom stereocenters. The van der Waals surface area contributed by atoms with Crippen LogP contribution < -0.4 is 25.8 Å². The number of fused-ring (bicyclic) bond motifs is 1. The molecule has 1 aromatic heterocycles. The minimum atomic E-state index is -0.0310. The maximum Gasteiger partial charge on any atom is 0.255 e. The van der Waals surface area contributed by atoms with Gasteiger partial charge in [0.1, 0.15) is 11.6 Å². The van der Waals surface area contributed by atoms with Crippen LogP contribution in [-0.4, -0.2) is 42.3 Å². The third-order valence-corrected chi connectivity index (χ3v) is 6.00. The minimum absolute atomic E-state index is 0.0310. The highest BCUT2D eigenvalue weighted by Gasteiger charge is 2.25. The summed E-state index contributed by atoms with van der Waals surface area (Å²) in [5.74, 6) is 3.14. The number of hydrogen-bond acceptors (Lipinski definition) is 7. The van der Waals surface area contributed by atoms with Crippen molar-refractivity contribution < 1.29 is 4.74 Å². The van der Waals surface area contributed by atoms with Crippen molar-refractivity contribution in [2.45, 2.75) is 19.4 Å². The summed E-state index contributed by atoms with van der Waals surface area (Å²) in [5.41, 5.74) is 2.81. The Morgan fingerprint density at radius 1 is 1.09 bits per heavy atom. The zero-order valence-electron chi connectivity index (χ0n) is 19.2.